The summed E-state index contributed by atoms with van der Waals surface area (Å²) >= 11 is 0. The van der Waals surface area contributed by atoms with Crippen LogP contribution < -0.4 is 0 Å². The number of hydrogen-bond donors (Lipinski definition) is 3. The first-order valence-electron chi connectivity index (χ1n) is 42.8. The van der Waals surface area contributed by atoms with Gasteiger partial charge in [-0.2, -0.15) is 0 Å². The monoisotopic (exact) mass is 1540 g/mol. The van der Waals surface area contributed by atoms with Crippen molar-refractivity contribution < 1.29 is 80.2 Å². The largest absolute Gasteiger partial charge is 0.472 e. The van der Waals surface area contributed by atoms with E-state index in [2.05, 4.69) is 113 Å². The van der Waals surface area contributed by atoms with E-state index in [1.54, 1.807) is 0 Å². The highest BCUT2D eigenvalue weighted by Crippen LogP contribution is 2.45. The highest BCUT2D eigenvalue weighted by atomic mass is 31.2. The second kappa shape index (κ2) is 79.3. The van der Waals surface area contributed by atoms with Crippen molar-refractivity contribution in [1.29, 1.82) is 0 Å². The number of ether oxygens (including phenoxy) is 4. The Morgan fingerprint density at radius 3 is 0.736 bits per heavy atom. The second-order valence-corrected chi connectivity index (χ2v) is 31.7. The number of unbranched alkanes of at least 4 members (excludes halogenated alkanes) is 41. The van der Waals surface area contributed by atoms with Crippen LogP contribution in [0.4, 0.5) is 0 Å². The Morgan fingerprint density at radius 1 is 0.264 bits per heavy atom. The molecule has 0 aliphatic heterocycles. The molecule has 0 radical (unpaired) electrons. The highest BCUT2D eigenvalue weighted by Gasteiger charge is 2.30. The lowest BCUT2D eigenvalue weighted by molar-refractivity contribution is -0.161. The van der Waals surface area contributed by atoms with Crippen molar-refractivity contribution in [3.63, 3.8) is 0 Å². The van der Waals surface area contributed by atoms with Crippen molar-refractivity contribution in [3.8, 4) is 0 Å². The number of allylic oxidation sites excluding steroid dienone is 14. The van der Waals surface area contributed by atoms with Crippen LogP contribution in [0.1, 0.15) is 387 Å². The molecule has 0 spiro atoms. The fraction of sp³-hybridized carbons (Fsp3) is 0.793. The molecule has 0 aliphatic carbocycles. The molecule has 0 saturated heterocycles. The maximum absolute atomic E-state index is 13.1. The van der Waals surface area contributed by atoms with E-state index in [1.807, 2.05) is 0 Å². The van der Waals surface area contributed by atoms with E-state index in [-0.39, 0.29) is 25.7 Å². The Balaban J connectivity index is 5.34. The van der Waals surface area contributed by atoms with Gasteiger partial charge in [-0.3, -0.25) is 37.3 Å². The molecule has 0 heterocycles. The number of phosphoric acid groups is 2. The standard InChI is InChI=1S/C87H156O17P2/c1-5-9-13-17-21-25-29-33-36-38-40-42-45-48-51-55-59-63-67-71-84(89)97-77-82(103-86(91)73-69-65-61-57-53-47-32-28-24-20-16-12-8-4)79-101-105(93,94)99-75-81(88)76-100-106(95,96)102-80-83(104-87(92)74-70-66-62-58-54-50-44-35-31-27-23-19-15-11-7-3)78-98-85(90)72-68-64-60-56-52-49-46-43-41-39-37-34-30-26-22-18-14-10-6-2/h21-22,25-26,33-37,40-44,81-83,88H,5-20,23-24,27-32,38-39,45-80H2,1-4H3,(H,93,94)(H,95,96)/b25-21-,26-22-,36-33-,37-34-,42-40-,43-41-,44-35-. The molecule has 17 nitrogen and oxygen atoms in total. The van der Waals surface area contributed by atoms with Gasteiger partial charge in [0.05, 0.1) is 26.4 Å². The van der Waals surface area contributed by atoms with E-state index in [4.69, 9.17) is 37.0 Å². The number of hydrogen-bond acceptors (Lipinski definition) is 15. The molecule has 0 amide bonds. The fourth-order valence-electron chi connectivity index (χ4n) is 11.8. The van der Waals surface area contributed by atoms with Crippen LogP contribution in [0, 0.1) is 0 Å². The van der Waals surface area contributed by atoms with Gasteiger partial charge in [0.1, 0.15) is 19.3 Å². The minimum absolute atomic E-state index is 0.0842. The predicted molar refractivity (Wildman–Crippen MR) is 436 cm³/mol. The van der Waals surface area contributed by atoms with Gasteiger partial charge in [0.25, 0.3) is 0 Å². The van der Waals surface area contributed by atoms with Crippen LogP contribution in [0.3, 0.4) is 0 Å². The van der Waals surface area contributed by atoms with Gasteiger partial charge in [-0.05, 0) is 128 Å². The molecule has 0 aromatic carbocycles. The molecule has 19 heteroatoms. The molecule has 0 aliphatic rings. The van der Waals surface area contributed by atoms with Gasteiger partial charge in [-0.1, -0.05) is 318 Å². The lowest BCUT2D eigenvalue weighted by atomic mass is 10.0. The van der Waals surface area contributed by atoms with Crippen LogP contribution in [0.15, 0.2) is 85.1 Å². The number of carbonyl (C=O) groups is 4. The third kappa shape index (κ3) is 78.4. The minimum Gasteiger partial charge on any atom is -0.462 e. The Morgan fingerprint density at radius 2 is 0.462 bits per heavy atom. The number of esters is 4. The summed E-state index contributed by atoms with van der Waals surface area (Å²) in [7, 11) is -9.96. The van der Waals surface area contributed by atoms with Crippen LogP contribution in [0.2, 0.25) is 0 Å². The van der Waals surface area contributed by atoms with Crippen molar-refractivity contribution in [2.45, 2.75) is 406 Å². The molecule has 0 fully saturated rings. The molecule has 3 N–H and O–H groups in total. The smallest absolute Gasteiger partial charge is 0.462 e. The number of aliphatic hydroxyl groups excluding tert-OH is 1. The summed E-state index contributed by atoms with van der Waals surface area (Å²) in [5.74, 6) is -2.18. The lowest BCUT2D eigenvalue weighted by Gasteiger charge is -2.21. The van der Waals surface area contributed by atoms with Crippen LogP contribution >= 0.6 is 15.6 Å². The summed E-state index contributed by atoms with van der Waals surface area (Å²) in [4.78, 5) is 73.2. The first-order chi connectivity index (χ1) is 51.7. The van der Waals surface area contributed by atoms with E-state index < -0.39 is 97.5 Å². The van der Waals surface area contributed by atoms with Crippen molar-refractivity contribution in [1.82, 2.24) is 0 Å². The first-order valence-corrected chi connectivity index (χ1v) is 45.8. The maximum atomic E-state index is 13.1. The molecular weight excluding hydrogens is 1380 g/mol. The fourth-order valence-corrected chi connectivity index (χ4v) is 13.3. The van der Waals surface area contributed by atoms with Crippen molar-refractivity contribution in [3.05, 3.63) is 85.1 Å². The van der Waals surface area contributed by atoms with Crippen molar-refractivity contribution >= 4 is 39.5 Å². The molecule has 0 rings (SSSR count). The average molecular weight is 1540 g/mol. The number of aliphatic hydroxyl groups is 1. The Hall–Kier alpha value is -3.76. The normalized spacial score (nSPS) is 14.2. The summed E-state index contributed by atoms with van der Waals surface area (Å²) in [5, 5.41) is 10.7. The summed E-state index contributed by atoms with van der Waals surface area (Å²) < 4.78 is 68.8. The molecule has 5 unspecified atom stereocenters. The Kier molecular flexibility index (Phi) is 76.5. The summed E-state index contributed by atoms with van der Waals surface area (Å²) in [6, 6.07) is 0. The zero-order valence-electron chi connectivity index (χ0n) is 67.6. The summed E-state index contributed by atoms with van der Waals surface area (Å²) in [5.41, 5.74) is 0. The molecule has 0 aromatic rings. The van der Waals surface area contributed by atoms with Crippen LogP contribution in [0.25, 0.3) is 0 Å². The van der Waals surface area contributed by atoms with Crippen LogP contribution in [0.5, 0.6) is 0 Å². The van der Waals surface area contributed by atoms with E-state index in [1.165, 1.54) is 128 Å². The maximum Gasteiger partial charge on any atom is 0.472 e. The topological polar surface area (TPSA) is 237 Å². The quantitative estimate of drug-likeness (QED) is 0.0169. The molecule has 616 valence electrons. The molecule has 0 bridgehead atoms. The minimum atomic E-state index is -4.98. The van der Waals surface area contributed by atoms with Gasteiger partial charge in [-0.15, -0.1) is 0 Å². The molecule has 0 aromatic heterocycles. The highest BCUT2D eigenvalue weighted by molar-refractivity contribution is 7.47. The third-order valence-corrected chi connectivity index (χ3v) is 20.2. The number of rotatable bonds is 81. The summed E-state index contributed by atoms with van der Waals surface area (Å²) in [6.07, 6.45) is 83.9. The SMILES string of the molecule is CCCCC/C=C\C/C=C\C/C=C\CCCCCCCCC(=O)OCC(COP(=O)(O)OCC(O)COP(=O)(O)OCC(COC(=O)CCCCCCCC/C=C\C/C=C\C/C=C\CCCCC)OC(=O)CCCCCCCCCCCCCCC)OC(=O)CCCCCCC/C=C\CCCCCCCC. The predicted octanol–water partition coefficient (Wildman–Crippen LogP) is 25.3. The van der Waals surface area contributed by atoms with E-state index >= 15 is 0 Å². The first kappa shape index (κ1) is 102. The number of phosphoric ester groups is 2. The summed E-state index contributed by atoms with van der Waals surface area (Å²) in [6.45, 7) is 4.86. The molecule has 106 heavy (non-hydrogen) atoms. The van der Waals surface area contributed by atoms with Gasteiger partial charge in [-0.25, -0.2) is 9.13 Å². The van der Waals surface area contributed by atoms with Gasteiger partial charge in [0.2, 0.25) is 0 Å². The van der Waals surface area contributed by atoms with Crippen LogP contribution in [-0.4, -0.2) is 96.7 Å². The number of carbonyl (C=O) groups excluding carboxylic acids is 4. The molecular formula is C87H156O17P2. The van der Waals surface area contributed by atoms with Gasteiger partial charge in [0, 0.05) is 25.7 Å². The molecule has 5 atom stereocenters. The van der Waals surface area contributed by atoms with Crippen molar-refractivity contribution in [2.24, 2.45) is 0 Å². The third-order valence-electron chi connectivity index (χ3n) is 18.3. The van der Waals surface area contributed by atoms with Crippen LogP contribution in [-0.2, 0) is 65.4 Å². The van der Waals surface area contributed by atoms with E-state index in [9.17, 15) is 43.2 Å². The van der Waals surface area contributed by atoms with E-state index in [0.717, 1.165) is 180 Å². The molecule has 0 saturated carbocycles. The van der Waals surface area contributed by atoms with E-state index in [0.29, 0.717) is 25.7 Å². The van der Waals surface area contributed by atoms with Gasteiger partial charge >= 0.3 is 39.5 Å². The Bertz CT molecular complexity index is 2330. The zero-order valence-corrected chi connectivity index (χ0v) is 69.4. The average Bonchev–Trinajstić information content (AvgIpc) is 0.933. The second-order valence-electron chi connectivity index (χ2n) is 28.8. The van der Waals surface area contributed by atoms with Gasteiger partial charge < -0.3 is 33.8 Å². The van der Waals surface area contributed by atoms with Crippen molar-refractivity contribution in [2.75, 3.05) is 39.6 Å². The zero-order chi connectivity index (χ0) is 77.4. The lowest BCUT2D eigenvalue weighted by Crippen LogP contribution is -2.30. The van der Waals surface area contributed by atoms with Gasteiger partial charge in [0.15, 0.2) is 12.2 Å². The Labute approximate surface area is 646 Å².